The van der Waals surface area contributed by atoms with Crippen molar-refractivity contribution in [3.05, 3.63) is 22.4 Å². The monoisotopic (exact) mass is 270 g/mol. The molecule has 0 spiro atoms. The molecule has 1 aromatic heterocycles. The summed E-state index contributed by atoms with van der Waals surface area (Å²) in [5.74, 6) is -2.01. The number of carboxylic acid groups (broad SMARTS) is 1. The summed E-state index contributed by atoms with van der Waals surface area (Å²) in [6.45, 7) is 2.85. The Kier molecular flexibility index (Phi) is 4.85. The molecule has 0 saturated carbocycles. The first-order chi connectivity index (χ1) is 8.41. The van der Waals surface area contributed by atoms with Crippen LogP contribution in [-0.4, -0.2) is 35.0 Å². The number of carbonyl (C=O) groups is 3. The Balaban J connectivity index is 2.50. The van der Waals surface area contributed by atoms with Gasteiger partial charge in [-0.25, -0.2) is 0 Å². The van der Waals surface area contributed by atoms with E-state index in [4.69, 9.17) is 5.11 Å². The summed E-state index contributed by atoms with van der Waals surface area (Å²) < 4.78 is 0. The molecular formula is C11H14N2O4S. The van der Waals surface area contributed by atoms with E-state index in [1.54, 1.807) is 17.5 Å². The smallest absolute Gasteiger partial charge is 0.325 e. The van der Waals surface area contributed by atoms with Gasteiger partial charge in [0.05, 0.1) is 4.88 Å². The third kappa shape index (κ3) is 3.85. The number of amides is 2. The largest absolute Gasteiger partial charge is 0.480 e. The van der Waals surface area contributed by atoms with Gasteiger partial charge in [0.15, 0.2) is 0 Å². The van der Waals surface area contributed by atoms with Crippen LogP contribution in [-0.2, 0) is 9.59 Å². The molecule has 0 aliphatic rings. The van der Waals surface area contributed by atoms with Gasteiger partial charge in [0, 0.05) is 0 Å². The fourth-order valence-corrected chi connectivity index (χ4v) is 1.77. The molecule has 0 bridgehead atoms. The van der Waals surface area contributed by atoms with E-state index in [2.05, 4.69) is 10.6 Å². The first-order valence-corrected chi connectivity index (χ1v) is 6.17. The van der Waals surface area contributed by atoms with E-state index in [1.807, 2.05) is 0 Å². The second-order valence-electron chi connectivity index (χ2n) is 3.74. The fraction of sp³-hybridized carbons (Fsp3) is 0.364. The Morgan fingerprint density at radius 2 is 1.89 bits per heavy atom. The predicted molar refractivity (Wildman–Crippen MR) is 66.5 cm³/mol. The molecule has 0 aliphatic carbocycles. The van der Waals surface area contributed by atoms with Crippen LogP contribution < -0.4 is 10.6 Å². The molecule has 2 amide bonds. The zero-order valence-electron chi connectivity index (χ0n) is 9.97. The fourth-order valence-electron chi connectivity index (χ4n) is 1.14. The molecule has 0 aromatic carbocycles. The van der Waals surface area contributed by atoms with Crippen LogP contribution in [0.4, 0.5) is 0 Å². The third-order valence-electron chi connectivity index (χ3n) is 2.22. The van der Waals surface area contributed by atoms with Gasteiger partial charge in [-0.1, -0.05) is 6.07 Å². The van der Waals surface area contributed by atoms with Gasteiger partial charge in [-0.2, -0.15) is 0 Å². The Morgan fingerprint density at radius 1 is 1.22 bits per heavy atom. The maximum Gasteiger partial charge on any atom is 0.325 e. The van der Waals surface area contributed by atoms with Crippen molar-refractivity contribution in [1.82, 2.24) is 10.6 Å². The van der Waals surface area contributed by atoms with Crippen LogP contribution in [0.25, 0.3) is 0 Å². The molecule has 1 unspecified atom stereocenters. The van der Waals surface area contributed by atoms with Crippen molar-refractivity contribution in [2.24, 2.45) is 0 Å². The molecule has 0 aliphatic heterocycles. The van der Waals surface area contributed by atoms with Crippen LogP contribution in [0.15, 0.2) is 17.5 Å². The lowest BCUT2D eigenvalue weighted by atomic mass is 10.2. The normalized spacial score (nSPS) is 13.4. The van der Waals surface area contributed by atoms with Crippen LogP contribution in [0, 0.1) is 0 Å². The van der Waals surface area contributed by atoms with Crippen LogP contribution in [0.2, 0.25) is 0 Å². The first-order valence-electron chi connectivity index (χ1n) is 5.29. The number of hydrogen-bond acceptors (Lipinski definition) is 4. The van der Waals surface area contributed by atoms with Gasteiger partial charge in [-0.3, -0.25) is 14.4 Å². The Bertz CT molecular complexity index is 444. The van der Waals surface area contributed by atoms with Crippen LogP contribution in [0.3, 0.4) is 0 Å². The molecule has 6 nitrogen and oxygen atoms in total. The topological polar surface area (TPSA) is 95.5 Å². The van der Waals surface area contributed by atoms with Crippen molar-refractivity contribution in [2.45, 2.75) is 25.9 Å². The Hall–Kier alpha value is -1.89. The average Bonchev–Trinajstić information content (AvgIpc) is 2.81. The van der Waals surface area contributed by atoms with Crippen molar-refractivity contribution in [1.29, 1.82) is 0 Å². The van der Waals surface area contributed by atoms with Crippen LogP contribution >= 0.6 is 11.3 Å². The zero-order chi connectivity index (χ0) is 13.7. The zero-order valence-corrected chi connectivity index (χ0v) is 10.8. The number of hydrogen-bond donors (Lipinski definition) is 3. The highest BCUT2D eigenvalue weighted by molar-refractivity contribution is 7.12. The van der Waals surface area contributed by atoms with Gasteiger partial charge in [-0.15, -0.1) is 11.3 Å². The lowest BCUT2D eigenvalue weighted by Crippen LogP contribution is -2.49. The molecule has 0 radical (unpaired) electrons. The minimum absolute atomic E-state index is 0.351. The number of aliphatic carboxylic acids is 1. The number of thiophene rings is 1. The van der Waals surface area contributed by atoms with E-state index in [9.17, 15) is 14.4 Å². The second kappa shape index (κ2) is 6.15. The molecule has 0 saturated heterocycles. The average molecular weight is 270 g/mol. The van der Waals surface area contributed by atoms with Gasteiger partial charge in [0.25, 0.3) is 5.91 Å². The molecule has 2 atom stereocenters. The minimum atomic E-state index is -1.12. The van der Waals surface area contributed by atoms with Crippen molar-refractivity contribution >= 4 is 29.1 Å². The van der Waals surface area contributed by atoms with Gasteiger partial charge in [0.1, 0.15) is 12.1 Å². The molecule has 1 aromatic rings. The van der Waals surface area contributed by atoms with Crippen LogP contribution in [0.5, 0.6) is 0 Å². The summed E-state index contributed by atoms with van der Waals surface area (Å²) in [7, 11) is 0. The maximum absolute atomic E-state index is 11.6. The molecule has 3 N–H and O–H groups in total. The highest BCUT2D eigenvalue weighted by atomic mass is 32.1. The van der Waals surface area contributed by atoms with Gasteiger partial charge >= 0.3 is 5.97 Å². The number of nitrogens with one attached hydrogen (secondary N) is 2. The molecule has 1 heterocycles. The van der Waals surface area contributed by atoms with E-state index in [-0.39, 0.29) is 5.91 Å². The van der Waals surface area contributed by atoms with E-state index >= 15 is 0 Å². The molecular weight excluding hydrogens is 256 g/mol. The van der Waals surface area contributed by atoms with E-state index in [0.29, 0.717) is 4.88 Å². The van der Waals surface area contributed by atoms with Gasteiger partial charge in [0.2, 0.25) is 5.91 Å². The Morgan fingerprint density at radius 3 is 2.39 bits per heavy atom. The predicted octanol–water partition coefficient (Wildman–Crippen LogP) is 0.456. The van der Waals surface area contributed by atoms with E-state index in [1.165, 1.54) is 25.2 Å². The lowest BCUT2D eigenvalue weighted by Gasteiger charge is -2.15. The summed E-state index contributed by atoms with van der Waals surface area (Å²) in [4.78, 5) is 34.3. The first kappa shape index (κ1) is 14.2. The standard InChI is InChI=1S/C11H14N2O4S/c1-6(9(14)13-7(2)11(16)17)12-10(15)8-4-3-5-18-8/h3-7H,1-2H3,(H,12,15)(H,13,14)(H,16,17)/t6?,7-/m1/s1. The van der Waals surface area contributed by atoms with Crippen molar-refractivity contribution in [3.8, 4) is 0 Å². The molecule has 0 fully saturated rings. The summed E-state index contributed by atoms with van der Waals surface area (Å²) in [6, 6.07) is 1.60. The minimum Gasteiger partial charge on any atom is -0.480 e. The molecule has 7 heteroatoms. The molecule has 18 heavy (non-hydrogen) atoms. The van der Waals surface area contributed by atoms with Crippen molar-refractivity contribution < 1.29 is 19.5 Å². The van der Waals surface area contributed by atoms with Crippen LogP contribution in [0.1, 0.15) is 23.5 Å². The summed E-state index contributed by atoms with van der Waals surface area (Å²) in [5, 5.41) is 15.2. The second-order valence-corrected chi connectivity index (χ2v) is 4.69. The Labute approximate surface area is 108 Å². The van der Waals surface area contributed by atoms with Crippen molar-refractivity contribution in [2.75, 3.05) is 0 Å². The number of carboxylic acids is 1. The summed E-state index contributed by atoms with van der Waals surface area (Å²) in [6.07, 6.45) is 0. The quantitative estimate of drug-likeness (QED) is 0.724. The highest BCUT2D eigenvalue weighted by Gasteiger charge is 2.20. The molecule has 1 rings (SSSR count). The molecule has 98 valence electrons. The SMILES string of the molecule is CC(NC(=O)c1cccs1)C(=O)N[C@H](C)C(=O)O. The van der Waals surface area contributed by atoms with Gasteiger partial charge in [-0.05, 0) is 25.3 Å². The van der Waals surface area contributed by atoms with Gasteiger partial charge < -0.3 is 15.7 Å². The highest BCUT2D eigenvalue weighted by Crippen LogP contribution is 2.08. The maximum atomic E-state index is 11.6. The van der Waals surface area contributed by atoms with Crippen molar-refractivity contribution in [3.63, 3.8) is 0 Å². The lowest BCUT2D eigenvalue weighted by molar-refractivity contribution is -0.141. The van der Waals surface area contributed by atoms with E-state index in [0.717, 1.165) is 0 Å². The summed E-state index contributed by atoms with van der Waals surface area (Å²) >= 11 is 1.27. The van der Waals surface area contributed by atoms with E-state index < -0.39 is 24.0 Å². The number of rotatable bonds is 5. The third-order valence-corrected chi connectivity index (χ3v) is 3.08. The number of carbonyl (C=O) groups excluding carboxylic acids is 2. The summed E-state index contributed by atoms with van der Waals surface area (Å²) in [5.41, 5.74) is 0.